The zero-order chi connectivity index (χ0) is 12.8. The smallest absolute Gasteiger partial charge is 0.311 e. The fourth-order valence-electron chi connectivity index (χ4n) is 1.12. The van der Waals surface area contributed by atoms with Gasteiger partial charge in [-0.3, -0.25) is 14.9 Å². The Bertz CT molecular complexity index is 435. The lowest BCUT2D eigenvalue weighted by Gasteiger charge is -2.07. The van der Waals surface area contributed by atoms with E-state index in [0.717, 1.165) is 0 Å². The van der Waals surface area contributed by atoms with Gasteiger partial charge in [-0.2, -0.15) is 0 Å². The molecule has 1 aromatic rings. The molecular weight excluding hydrogens is 226 g/mol. The van der Waals surface area contributed by atoms with E-state index in [-0.39, 0.29) is 24.0 Å². The summed E-state index contributed by atoms with van der Waals surface area (Å²) in [7, 11) is 3.13. The Morgan fingerprint density at radius 1 is 1.47 bits per heavy atom. The maximum absolute atomic E-state index is 11.0. The van der Waals surface area contributed by atoms with Crippen LogP contribution >= 0.6 is 0 Å². The normalized spacial score (nSPS) is 9.53. The van der Waals surface area contributed by atoms with Crippen LogP contribution in [0.3, 0.4) is 0 Å². The molecule has 0 atom stereocenters. The first-order valence-electron chi connectivity index (χ1n) is 4.86. The lowest BCUT2D eigenvalue weighted by atomic mass is 10.3. The van der Waals surface area contributed by atoms with Gasteiger partial charge in [-0.15, -0.1) is 0 Å². The van der Waals surface area contributed by atoms with E-state index in [0.29, 0.717) is 5.82 Å². The number of aromatic nitrogens is 1. The number of nitrogens with zero attached hydrogens (tertiary/aromatic N) is 2. The third kappa shape index (κ3) is 3.30. The fourth-order valence-corrected chi connectivity index (χ4v) is 1.12. The van der Waals surface area contributed by atoms with E-state index in [1.54, 1.807) is 7.05 Å². The SMILES string of the molecule is CNC(=O)CNc1nc(NC)ccc1[N+](=O)[O-]. The zero-order valence-corrected chi connectivity index (χ0v) is 9.48. The first kappa shape index (κ1) is 12.7. The van der Waals surface area contributed by atoms with Crippen LogP contribution < -0.4 is 16.0 Å². The largest absolute Gasteiger partial charge is 0.373 e. The zero-order valence-electron chi connectivity index (χ0n) is 9.48. The van der Waals surface area contributed by atoms with Crippen molar-refractivity contribution in [3.8, 4) is 0 Å². The van der Waals surface area contributed by atoms with Gasteiger partial charge in [-0.25, -0.2) is 4.98 Å². The number of nitrogens with one attached hydrogen (secondary N) is 3. The number of nitro groups is 1. The van der Waals surface area contributed by atoms with E-state index in [1.165, 1.54) is 19.2 Å². The highest BCUT2D eigenvalue weighted by molar-refractivity contribution is 5.81. The van der Waals surface area contributed by atoms with E-state index in [2.05, 4.69) is 20.9 Å². The van der Waals surface area contributed by atoms with E-state index in [9.17, 15) is 14.9 Å². The summed E-state index contributed by atoms with van der Waals surface area (Å²) in [5, 5.41) is 18.5. The Kier molecular flexibility index (Phi) is 4.21. The van der Waals surface area contributed by atoms with Gasteiger partial charge in [-0.05, 0) is 6.07 Å². The first-order valence-corrected chi connectivity index (χ1v) is 4.86. The molecule has 92 valence electrons. The molecule has 1 amide bonds. The number of pyridine rings is 1. The number of carbonyl (C=O) groups is 1. The average molecular weight is 239 g/mol. The second-order valence-electron chi connectivity index (χ2n) is 3.10. The molecule has 0 radical (unpaired) electrons. The minimum atomic E-state index is -0.557. The highest BCUT2D eigenvalue weighted by Gasteiger charge is 2.16. The molecule has 3 N–H and O–H groups in total. The molecule has 1 aromatic heterocycles. The number of hydrogen-bond donors (Lipinski definition) is 3. The van der Waals surface area contributed by atoms with E-state index in [4.69, 9.17) is 0 Å². The summed E-state index contributed by atoms with van der Waals surface area (Å²) < 4.78 is 0. The molecule has 17 heavy (non-hydrogen) atoms. The summed E-state index contributed by atoms with van der Waals surface area (Å²) in [4.78, 5) is 25.2. The van der Waals surface area contributed by atoms with Crippen LogP contribution in [-0.4, -0.2) is 36.5 Å². The molecule has 1 rings (SSSR count). The van der Waals surface area contributed by atoms with Gasteiger partial charge in [-0.1, -0.05) is 0 Å². The maximum Gasteiger partial charge on any atom is 0.311 e. The van der Waals surface area contributed by atoms with Crippen molar-refractivity contribution in [1.29, 1.82) is 0 Å². The number of amides is 1. The van der Waals surface area contributed by atoms with Crippen LogP contribution in [0.5, 0.6) is 0 Å². The molecule has 0 aliphatic carbocycles. The number of rotatable bonds is 5. The summed E-state index contributed by atoms with van der Waals surface area (Å²) in [6.07, 6.45) is 0. The Morgan fingerprint density at radius 3 is 2.71 bits per heavy atom. The lowest BCUT2D eigenvalue weighted by Crippen LogP contribution is -2.26. The van der Waals surface area contributed by atoms with Crippen molar-refractivity contribution in [2.24, 2.45) is 0 Å². The second kappa shape index (κ2) is 5.64. The van der Waals surface area contributed by atoms with Crippen molar-refractivity contribution in [3.05, 3.63) is 22.2 Å². The molecule has 8 heteroatoms. The van der Waals surface area contributed by atoms with Gasteiger partial charge < -0.3 is 16.0 Å². The Hall–Kier alpha value is -2.38. The molecule has 0 spiro atoms. The minimum absolute atomic E-state index is 0.0606. The Balaban J connectivity index is 2.93. The van der Waals surface area contributed by atoms with Gasteiger partial charge in [0.05, 0.1) is 11.5 Å². The van der Waals surface area contributed by atoms with Crippen LogP contribution in [0.1, 0.15) is 0 Å². The summed E-state index contributed by atoms with van der Waals surface area (Å²) in [6, 6.07) is 2.81. The highest BCUT2D eigenvalue weighted by atomic mass is 16.6. The molecular formula is C9H13N5O3. The van der Waals surface area contributed by atoms with E-state index in [1.807, 2.05) is 0 Å². The van der Waals surface area contributed by atoms with E-state index < -0.39 is 4.92 Å². The van der Waals surface area contributed by atoms with Crippen LogP contribution in [0.4, 0.5) is 17.3 Å². The summed E-state index contributed by atoms with van der Waals surface area (Å²) in [5.74, 6) is 0.261. The fraction of sp³-hybridized carbons (Fsp3) is 0.333. The van der Waals surface area contributed by atoms with Crippen molar-refractivity contribution in [1.82, 2.24) is 10.3 Å². The molecule has 0 fully saturated rings. The molecule has 1 heterocycles. The average Bonchev–Trinajstić information content (AvgIpc) is 2.35. The summed E-state index contributed by atoms with van der Waals surface area (Å²) in [5.41, 5.74) is -0.173. The second-order valence-corrected chi connectivity index (χ2v) is 3.10. The van der Waals surface area contributed by atoms with Crippen LogP contribution in [0.25, 0.3) is 0 Å². The quantitative estimate of drug-likeness (QED) is 0.500. The van der Waals surface area contributed by atoms with Crippen LogP contribution in [0.15, 0.2) is 12.1 Å². The summed E-state index contributed by atoms with van der Waals surface area (Å²) in [6.45, 7) is -0.0719. The van der Waals surface area contributed by atoms with Crippen LogP contribution in [0, 0.1) is 10.1 Å². The standard InChI is InChI=1S/C9H13N5O3/c1-10-7-4-3-6(14(16)17)9(13-7)12-5-8(15)11-2/h3-4H,5H2,1-2H3,(H,11,15)(H2,10,12,13). The molecule has 0 aliphatic rings. The van der Waals surface area contributed by atoms with Crippen LogP contribution in [0.2, 0.25) is 0 Å². The van der Waals surface area contributed by atoms with Gasteiger partial charge in [0.2, 0.25) is 11.7 Å². The van der Waals surface area contributed by atoms with Crippen molar-refractivity contribution in [3.63, 3.8) is 0 Å². The Labute approximate surface area is 97.6 Å². The van der Waals surface area contributed by atoms with Gasteiger partial charge in [0, 0.05) is 20.2 Å². The first-order chi connectivity index (χ1) is 8.08. The van der Waals surface area contributed by atoms with Crippen molar-refractivity contribution in [2.75, 3.05) is 31.3 Å². The maximum atomic E-state index is 11.0. The molecule has 0 bridgehead atoms. The van der Waals surface area contributed by atoms with Gasteiger partial charge in [0.1, 0.15) is 5.82 Å². The Morgan fingerprint density at radius 2 is 2.18 bits per heavy atom. The van der Waals surface area contributed by atoms with E-state index >= 15 is 0 Å². The third-order valence-electron chi connectivity index (χ3n) is 2.02. The number of likely N-dealkylation sites (N-methyl/N-ethyl adjacent to an activating group) is 1. The monoisotopic (exact) mass is 239 g/mol. The van der Waals surface area contributed by atoms with Crippen molar-refractivity contribution in [2.45, 2.75) is 0 Å². The number of anilines is 2. The lowest BCUT2D eigenvalue weighted by molar-refractivity contribution is -0.384. The molecule has 0 unspecified atom stereocenters. The van der Waals surface area contributed by atoms with Crippen molar-refractivity contribution >= 4 is 23.2 Å². The van der Waals surface area contributed by atoms with Gasteiger partial charge in [0.15, 0.2) is 0 Å². The molecule has 0 aliphatic heterocycles. The molecule has 8 nitrogen and oxygen atoms in total. The van der Waals surface area contributed by atoms with Gasteiger partial charge in [0.25, 0.3) is 0 Å². The minimum Gasteiger partial charge on any atom is -0.373 e. The highest BCUT2D eigenvalue weighted by Crippen LogP contribution is 2.23. The molecule has 0 saturated carbocycles. The van der Waals surface area contributed by atoms with Gasteiger partial charge >= 0.3 is 5.69 Å². The number of hydrogen-bond acceptors (Lipinski definition) is 6. The molecule has 0 saturated heterocycles. The number of carbonyl (C=O) groups excluding carboxylic acids is 1. The molecule has 0 aromatic carbocycles. The predicted octanol–water partition coefficient (Wildman–Crippen LogP) is 0.189. The third-order valence-corrected chi connectivity index (χ3v) is 2.02. The predicted molar refractivity (Wildman–Crippen MR) is 63.0 cm³/mol. The van der Waals surface area contributed by atoms with Crippen LogP contribution in [-0.2, 0) is 4.79 Å². The van der Waals surface area contributed by atoms with Crippen molar-refractivity contribution < 1.29 is 9.72 Å². The summed E-state index contributed by atoms with van der Waals surface area (Å²) >= 11 is 0. The topological polar surface area (TPSA) is 109 Å².